The van der Waals surface area contributed by atoms with E-state index >= 15 is 0 Å². The molecule has 0 spiro atoms. The molecule has 0 fully saturated rings. The predicted octanol–water partition coefficient (Wildman–Crippen LogP) is 2.20. The van der Waals surface area contributed by atoms with Gasteiger partial charge in [0, 0.05) is 6.54 Å². The Bertz CT molecular complexity index is 558. The van der Waals surface area contributed by atoms with Crippen LogP contribution >= 0.6 is 0 Å². The molecule has 0 heterocycles. The zero-order valence-corrected chi connectivity index (χ0v) is 11.4. The van der Waals surface area contributed by atoms with Gasteiger partial charge in [0.15, 0.2) is 0 Å². The number of anilines is 1. The topological polar surface area (TPSA) is 58.2 Å². The van der Waals surface area contributed by atoms with Gasteiger partial charge in [-0.2, -0.15) is 13.2 Å². The average molecular weight is 314 g/mol. The van der Waals surface area contributed by atoms with E-state index in [1.807, 2.05) is 4.72 Å². The molecule has 0 aliphatic carbocycles. The molecule has 114 valence electrons. The summed E-state index contributed by atoms with van der Waals surface area (Å²) >= 11 is 0. The molecule has 4 nitrogen and oxygen atoms in total. The van der Waals surface area contributed by atoms with Crippen LogP contribution in [0.1, 0.15) is 12.5 Å². The lowest BCUT2D eigenvalue weighted by Crippen LogP contribution is -2.27. The van der Waals surface area contributed by atoms with Crippen LogP contribution in [0.3, 0.4) is 0 Å². The van der Waals surface area contributed by atoms with E-state index in [-0.39, 0.29) is 12.3 Å². The molecule has 9 heteroatoms. The Hall–Kier alpha value is -1.35. The molecule has 0 aliphatic heterocycles. The first kappa shape index (κ1) is 16.7. The van der Waals surface area contributed by atoms with E-state index < -0.39 is 33.3 Å². The Kier molecular flexibility index (Phi) is 5.35. The van der Waals surface area contributed by atoms with Crippen molar-refractivity contribution >= 4 is 15.7 Å². The summed E-state index contributed by atoms with van der Waals surface area (Å²) in [5.41, 5.74) is -1.83. The quantitative estimate of drug-likeness (QED) is 0.625. The summed E-state index contributed by atoms with van der Waals surface area (Å²) in [6.07, 6.45) is -4.67. The van der Waals surface area contributed by atoms with Gasteiger partial charge in [-0.3, -0.25) is 4.72 Å². The van der Waals surface area contributed by atoms with Crippen LogP contribution in [-0.2, 0) is 16.2 Å². The predicted molar refractivity (Wildman–Crippen MR) is 67.4 cm³/mol. The minimum atomic E-state index is -4.67. The van der Waals surface area contributed by atoms with Crippen molar-refractivity contribution in [1.82, 2.24) is 5.32 Å². The van der Waals surface area contributed by atoms with Crippen LogP contribution in [0, 0.1) is 5.82 Å². The maximum Gasteiger partial charge on any atom is 0.416 e. The summed E-state index contributed by atoms with van der Waals surface area (Å²) in [7, 11) is -3.91. The van der Waals surface area contributed by atoms with Crippen molar-refractivity contribution in [2.45, 2.75) is 13.1 Å². The van der Waals surface area contributed by atoms with Crippen molar-refractivity contribution < 1.29 is 26.0 Å². The summed E-state index contributed by atoms with van der Waals surface area (Å²) in [6.45, 7) is 2.44. The molecule has 0 unspecified atom stereocenters. The third-order valence-corrected chi connectivity index (χ3v) is 3.63. The Morgan fingerprint density at radius 1 is 1.25 bits per heavy atom. The smallest absolute Gasteiger partial charge is 0.316 e. The van der Waals surface area contributed by atoms with Crippen LogP contribution in [0.5, 0.6) is 0 Å². The van der Waals surface area contributed by atoms with Crippen LogP contribution in [0.25, 0.3) is 0 Å². The van der Waals surface area contributed by atoms with Crippen molar-refractivity contribution in [1.29, 1.82) is 0 Å². The van der Waals surface area contributed by atoms with E-state index in [0.29, 0.717) is 24.7 Å². The zero-order chi connectivity index (χ0) is 15.4. The number of nitrogens with one attached hydrogen (secondary N) is 2. The first-order valence-corrected chi connectivity index (χ1v) is 7.39. The Morgan fingerprint density at radius 2 is 1.90 bits per heavy atom. The molecule has 1 aromatic carbocycles. The lowest BCUT2D eigenvalue weighted by molar-refractivity contribution is -0.137. The lowest BCUT2D eigenvalue weighted by atomic mass is 10.2. The first-order chi connectivity index (χ1) is 9.15. The fraction of sp³-hybridized carbons (Fsp3) is 0.455. The SMILES string of the molecule is CCNCCS(=O)(=O)Nc1cc(C(F)(F)F)ccc1F. The molecule has 0 amide bonds. The van der Waals surface area contributed by atoms with Crippen LogP contribution in [0.15, 0.2) is 18.2 Å². The third-order valence-electron chi connectivity index (χ3n) is 2.36. The third kappa shape index (κ3) is 4.97. The zero-order valence-electron chi connectivity index (χ0n) is 10.6. The van der Waals surface area contributed by atoms with Crippen molar-refractivity contribution in [3.8, 4) is 0 Å². The van der Waals surface area contributed by atoms with Gasteiger partial charge in [0.1, 0.15) is 5.82 Å². The normalized spacial score (nSPS) is 12.4. The standard InChI is InChI=1S/C11H14F4N2O2S/c1-2-16-5-6-20(18,19)17-10-7-8(11(13,14)15)3-4-9(10)12/h3-4,7,16-17H,2,5-6H2,1H3. The van der Waals surface area contributed by atoms with Gasteiger partial charge in [0.2, 0.25) is 10.0 Å². The Morgan fingerprint density at radius 3 is 2.45 bits per heavy atom. The summed E-state index contributed by atoms with van der Waals surface area (Å²) in [5, 5.41) is 2.75. The maximum atomic E-state index is 13.4. The number of rotatable bonds is 6. The summed E-state index contributed by atoms with van der Waals surface area (Å²) < 4.78 is 75.8. The van der Waals surface area contributed by atoms with Gasteiger partial charge >= 0.3 is 6.18 Å². The molecule has 1 rings (SSSR count). The van der Waals surface area contributed by atoms with Gasteiger partial charge in [-0.15, -0.1) is 0 Å². The second-order valence-electron chi connectivity index (χ2n) is 3.97. The highest BCUT2D eigenvalue weighted by molar-refractivity contribution is 7.92. The number of halogens is 4. The highest BCUT2D eigenvalue weighted by Gasteiger charge is 2.31. The van der Waals surface area contributed by atoms with Gasteiger partial charge < -0.3 is 5.32 Å². The highest BCUT2D eigenvalue weighted by Crippen LogP contribution is 2.32. The molecule has 1 aromatic rings. The first-order valence-electron chi connectivity index (χ1n) is 5.73. The van der Waals surface area contributed by atoms with Gasteiger partial charge in [-0.25, -0.2) is 12.8 Å². The van der Waals surface area contributed by atoms with Crippen LogP contribution in [0.4, 0.5) is 23.2 Å². The number of sulfonamides is 1. The molecule has 0 bridgehead atoms. The van der Waals surface area contributed by atoms with Crippen molar-refractivity contribution in [2.75, 3.05) is 23.6 Å². The van der Waals surface area contributed by atoms with E-state index in [2.05, 4.69) is 5.32 Å². The Balaban J connectivity index is 2.91. The molecule has 20 heavy (non-hydrogen) atoms. The van der Waals surface area contributed by atoms with Gasteiger partial charge in [-0.05, 0) is 24.7 Å². The minimum Gasteiger partial charge on any atom is -0.316 e. The second-order valence-corrected chi connectivity index (χ2v) is 5.81. The number of alkyl halides is 3. The molecular weight excluding hydrogens is 300 g/mol. The molecule has 0 aromatic heterocycles. The monoisotopic (exact) mass is 314 g/mol. The molecule has 0 aliphatic rings. The number of hydrogen-bond donors (Lipinski definition) is 2. The maximum absolute atomic E-state index is 13.4. The highest BCUT2D eigenvalue weighted by atomic mass is 32.2. The minimum absolute atomic E-state index is 0.117. The number of benzene rings is 1. The molecular formula is C11H14F4N2O2S. The van der Waals surface area contributed by atoms with E-state index in [9.17, 15) is 26.0 Å². The molecule has 0 saturated carbocycles. The molecule has 2 N–H and O–H groups in total. The summed E-state index contributed by atoms with van der Waals surface area (Å²) in [5.74, 6) is -1.43. The van der Waals surface area contributed by atoms with Crippen molar-refractivity contribution in [2.24, 2.45) is 0 Å². The van der Waals surface area contributed by atoms with Crippen LogP contribution in [-0.4, -0.2) is 27.3 Å². The van der Waals surface area contributed by atoms with Crippen molar-refractivity contribution in [3.63, 3.8) is 0 Å². The second kappa shape index (κ2) is 6.40. The molecule has 0 saturated heterocycles. The Labute approximate surface area is 114 Å². The van der Waals surface area contributed by atoms with Gasteiger partial charge in [-0.1, -0.05) is 6.92 Å². The summed E-state index contributed by atoms with van der Waals surface area (Å²) in [6, 6.07) is 1.55. The molecule has 0 atom stereocenters. The molecule has 0 radical (unpaired) electrons. The van der Waals surface area contributed by atoms with Gasteiger partial charge in [0.05, 0.1) is 17.0 Å². The largest absolute Gasteiger partial charge is 0.416 e. The van der Waals surface area contributed by atoms with E-state index in [0.717, 1.165) is 0 Å². The van der Waals surface area contributed by atoms with E-state index in [4.69, 9.17) is 0 Å². The van der Waals surface area contributed by atoms with E-state index in [1.54, 1.807) is 6.92 Å². The lowest BCUT2D eigenvalue weighted by Gasteiger charge is -2.12. The summed E-state index contributed by atoms with van der Waals surface area (Å²) in [4.78, 5) is 0. The fourth-order valence-electron chi connectivity index (χ4n) is 1.38. The van der Waals surface area contributed by atoms with Crippen LogP contribution < -0.4 is 10.0 Å². The number of hydrogen-bond acceptors (Lipinski definition) is 3. The average Bonchev–Trinajstić information content (AvgIpc) is 2.30. The fourth-order valence-corrected chi connectivity index (χ4v) is 2.39. The van der Waals surface area contributed by atoms with Crippen molar-refractivity contribution in [3.05, 3.63) is 29.6 Å². The van der Waals surface area contributed by atoms with E-state index in [1.165, 1.54) is 0 Å². The van der Waals surface area contributed by atoms with Gasteiger partial charge in [0.25, 0.3) is 0 Å². The van der Waals surface area contributed by atoms with Crippen LogP contribution in [0.2, 0.25) is 0 Å².